The van der Waals surface area contributed by atoms with Gasteiger partial charge in [0.1, 0.15) is 0 Å². The molecule has 1 aliphatic heterocycles. The molecule has 18 heavy (non-hydrogen) atoms. The highest BCUT2D eigenvalue weighted by molar-refractivity contribution is 5.78. The number of hydrogen-bond acceptors (Lipinski definition) is 3. The number of amides is 1. The third-order valence-electron chi connectivity index (χ3n) is 4.20. The zero-order valence-electron chi connectivity index (χ0n) is 11.7. The van der Waals surface area contributed by atoms with Gasteiger partial charge < -0.3 is 15.0 Å². The third kappa shape index (κ3) is 3.69. The first-order valence-corrected chi connectivity index (χ1v) is 7.33. The Morgan fingerprint density at radius 2 is 2.00 bits per heavy atom. The summed E-state index contributed by atoms with van der Waals surface area (Å²) in [6, 6.07) is 0.943. The minimum atomic E-state index is 0.263. The molecule has 0 aromatic heterocycles. The molecule has 1 aliphatic carbocycles. The van der Waals surface area contributed by atoms with Crippen LogP contribution >= 0.6 is 0 Å². The van der Waals surface area contributed by atoms with Crippen LogP contribution in [0.5, 0.6) is 0 Å². The Morgan fingerprint density at radius 1 is 1.33 bits per heavy atom. The first kappa shape index (κ1) is 13.8. The van der Waals surface area contributed by atoms with Crippen molar-refractivity contribution in [2.45, 2.75) is 51.6 Å². The largest absolute Gasteiger partial charge is 0.381 e. The van der Waals surface area contributed by atoms with E-state index in [0.717, 1.165) is 32.6 Å². The van der Waals surface area contributed by atoms with Crippen LogP contribution in [0.25, 0.3) is 0 Å². The molecule has 1 amide bonds. The maximum atomic E-state index is 12.1. The zero-order chi connectivity index (χ0) is 13.0. The second-order valence-electron chi connectivity index (χ2n) is 5.53. The van der Waals surface area contributed by atoms with E-state index in [1.54, 1.807) is 0 Å². The second kappa shape index (κ2) is 6.53. The van der Waals surface area contributed by atoms with E-state index in [1.807, 2.05) is 4.90 Å². The molecule has 1 atom stereocenters. The van der Waals surface area contributed by atoms with Crippen LogP contribution in [0.1, 0.15) is 39.5 Å². The van der Waals surface area contributed by atoms with Gasteiger partial charge in [-0.2, -0.15) is 0 Å². The molecule has 1 saturated heterocycles. The molecule has 4 nitrogen and oxygen atoms in total. The lowest BCUT2D eigenvalue weighted by Gasteiger charge is -2.29. The summed E-state index contributed by atoms with van der Waals surface area (Å²) >= 11 is 0. The van der Waals surface area contributed by atoms with Crippen molar-refractivity contribution in [3.05, 3.63) is 0 Å². The summed E-state index contributed by atoms with van der Waals surface area (Å²) in [6.45, 7) is 7.33. The second-order valence-corrected chi connectivity index (χ2v) is 5.53. The van der Waals surface area contributed by atoms with Crippen LogP contribution in [0.15, 0.2) is 0 Å². The maximum absolute atomic E-state index is 12.1. The molecule has 0 bridgehead atoms. The molecule has 0 aromatic carbocycles. The molecular weight excluding hydrogens is 228 g/mol. The van der Waals surface area contributed by atoms with Gasteiger partial charge in [-0.05, 0) is 45.4 Å². The molecule has 1 unspecified atom stereocenters. The first-order valence-electron chi connectivity index (χ1n) is 7.33. The first-order chi connectivity index (χ1) is 8.72. The van der Waals surface area contributed by atoms with E-state index >= 15 is 0 Å². The number of nitrogens with one attached hydrogen (secondary N) is 1. The summed E-state index contributed by atoms with van der Waals surface area (Å²) in [5.41, 5.74) is 0. The fourth-order valence-corrected chi connectivity index (χ4v) is 2.76. The van der Waals surface area contributed by atoms with Gasteiger partial charge >= 0.3 is 0 Å². The Balaban J connectivity index is 1.70. The molecule has 0 aromatic rings. The highest BCUT2D eigenvalue weighted by Crippen LogP contribution is 2.26. The van der Waals surface area contributed by atoms with Crippen molar-refractivity contribution in [2.24, 2.45) is 5.92 Å². The van der Waals surface area contributed by atoms with Gasteiger partial charge in [0, 0.05) is 31.8 Å². The lowest BCUT2D eigenvalue weighted by molar-refractivity contribution is -0.130. The monoisotopic (exact) mass is 254 g/mol. The number of nitrogens with zero attached hydrogens (tertiary/aromatic N) is 1. The third-order valence-corrected chi connectivity index (χ3v) is 4.20. The minimum absolute atomic E-state index is 0.263. The van der Waals surface area contributed by atoms with Crippen LogP contribution in [-0.2, 0) is 9.53 Å². The van der Waals surface area contributed by atoms with Gasteiger partial charge in [0.05, 0.1) is 6.54 Å². The molecule has 1 N–H and O–H groups in total. The Bertz CT molecular complexity index is 273. The Kier molecular flexibility index (Phi) is 5.01. The SMILES string of the molecule is CCN(C(=O)CNC(C)C1CCOCC1)C1CC1. The predicted octanol–water partition coefficient (Wildman–Crippen LogP) is 1.40. The lowest BCUT2D eigenvalue weighted by Crippen LogP contribution is -2.44. The average molecular weight is 254 g/mol. The predicted molar refractivity (Wildman–Crippen MR) is 71.4 cm³/mol. The van der Waals surface area contributed by atoms with Crippen molar-refractivity contribution in [3.8, 4) is 0 Å². The fraction of sp³-hybridized carbons (Fsp3) is 0.929. The van der Waals surface area contributed by atoms with Crippen molar-refractivity contribution >= 4 is 5.91 Å². The number of carbonyl (C=O) groups is 1. The van der Waals surface area contributed by atoms with E-state index in [0.29, 0.717) is 24.5 Å². The van der Waals surface area contributed by atoms with E-state index in [2.05, 4.69) is 19.2 Å². The number of carbonyl (C=O) groups excluding carboxylic acids is 1. The van der Waals surface area contributed by atoms with Gasteiger partial charge in [0.2, 0.25) is 5.91 Å². The molecule has 2 aliphatic rings. The van der Waals surface area contributed by atoms with Crippen molar-refractivity contribution < 1.29 is 9.53 Å². The van der Waals surface area contributed by atoms with E-state index in [1.165, 1.54) is 12.8 Å². The smallest absolute Gasteiger partial charge is 0.236 e. The number of likely N-dealkylation sites (N-methyl/N-ethyl adjacent to an activating group) is 1. The molecule has 0 spiro atoms. The van der Waals surface area contributed by atoms with E-state index in [4.69, 9.17) is 4.74 Å². The Labute approximate surface area is 110 Å². The fourth-order valence-electron chi connectivity index (χ4n) is 2.76. The summed E-state index contributed by atoms with van der Waals surface area (Å²) in [6.07, 6.45) is 4.61. The minimum Gasteiger partial charge on any atom is -0.381 e. The van der Waals surface area contributed by atoms with Crippen LogP contribution in [-0.4, -0.2) is 49.2 Å². The quantitative estimate of drug-likeness (QED) is 0.779. The van der Waals surface area contributed by atoms with Crippen LogP contribution in [0.4, 0.5) is 0 Å². The Hall–Kier alpha value is -0.610. The molecule has 2 rings (SSSR count). The molecule has 104 valence electrons. The van der Waals surface area contributed by atoms with E-state index in [9.17, 15) is 4.79 Å². The molecule has 2 fully saturated rings. The van der Waals surface area contributed by atoms with Crippen LogP contribution < -0.4 is 5.32 Å². The highest BCUT2D eigenvalue weighted by Gasteiger charge is 2.31. The molecule has 4 heteroatoms. The van der Waals surface area contributed by atoms with Gasteiger partial charge in [0.25, 0.3) is 0 Å². The van der Waals surface area contributed by atoms with E-state index < -0.39 is 0 Å². The highest BCUT2D eigenvalue weighted by atomic mass is 16.5. The molecule has 1 saturated carbocycles. The van der Waals surface area contributed by atoms with Gasteiger partial charge in [0.15, 0.2) is 0 Å². The summed E-state index contributed by atoms with van der Waals surface area (Å²) < 4.78 is 5.37. The maximum Gasteiger partial charge on any atom is 0.236 e. The number of ether oxygens (including phenoxy) is 1. The van der Waals surface area contributed by atoms with Crippen molar-refractivity contribution in [1.82, 2.24) is 10.2 Å². The van der Waals surface area contributed by atoms with Crippen molar-refractivity contribution in [3.63, 3.8) is 0 Å². The summed E-state index contributed by atoms with van der Waals surface area (Å²) in [4.78, 5) is 14.1. The normalized spacial score (nSPS) is 22.8. The van der Waals surface area contributed by atoms with Crippen LogP contribution in [0.3, 0.4) is 0 Å². The topological polar surface area (TPSA) is 41.6 Å². The molecule has 1 heterocycles. The van der Waals surface area contributed by atoms with E-state index in [-0.39, 0.29) is 5.91 Å². The van der Waals surface area contributed by atoms with Crippen LogP contribution in [0.2, 0.25) is 0 Å². The standard InChI is InChI=1S/C14H26N2O2/c1-3-16(13-4-5-13)14(17)10-15-11(2)12-6-8-18-9-7-12/h11-13,15H,3-10H2,1-2H3. The Morgan fingerprint density at radius 3 is 2.56 bits per heavy atom. The zero-order valence-corrected chi connectivity index (χ0v) is 11.7. The lowest BCUT2D eigenvalue weighted by atomic mass is 9.93. The van der Waals surface area contributed by atoms with Crippen molar-refractivity contribution in [1.29, 1.82) is 0 Å². The van der Waals surface area contributed by atoms with Crippen molar-refractivity contribution in [2.75, 3.05) is 26.3 Å². The van der Waals surface area contributed by atoms with Gasteiger partial charge in [-0.1, -0.05) is 0 Å². The number of hydrogen-bond donors (Lipinski definition) is 1. The average Bonchev–Trinajstić information content (AvgIpc) is 3.22. The number of rotatable bonds is 6. The summed E-state index contributed by atoms with van der Waals surface area (Å²) in [7, 11) is 0. The van der Waals surface area contributed by atoms with Gasteiger partial charge in [-0.25, -0.2) is 0 Å². The summed E-state index contributed by atoms with van der Waals surface area (Å²) in [5, 5.41) is 3.40. The summed E-state index contributed by atoms with van der Waals surface area (Å²) in [5.74, 6) is 0.918. The van der Waals surface area contributed by atoms with Gasteiger partial charge in [-0.3, -0.25) is 4.79 Å². The molecule has 0 radical (unpaired) electrons. The van der Waals surface area contributed by atoms with Gasteiger partial charge in [-0.15, -0.1) is 0 Å². The molecular formula is C14H26N2O2. The van der Waals surface area contributed by atoms with Crippen LogP contribution in [0, 0.1) is 5.92 Å².